The van der Waals surface area contributed by atoms with Gasteiger partial charge in [0.1, 0.15) is 5.01 Å². The summed E-state index contributed by atoms with van der Waals surface area (Å²) in [5, 5.41) is 11.6. The molecule has 4 nitrogen and oxygen atoms in total. The summed E-state index contributed by atoms with van der Waals surface area (Å²) >= 11 is 2.96. The first kappa shape index (κ1) is 13.4. The van der Waals surface area contributed by atoms with E-state index in [4.69, 9.17) is 0 Å². The highest BCUT2D eigenvalue weighted by molar-refractivity contribution is 8.02. The molecule has 0 aliphatic heterocycles. The highest BCUT2D eigenvalue weighted by atomic mass is 32.2. The molecule has 0 aliphatic rings. The SMILES string of the molecule is Cc1nnc(S[C@@H](C)C(=O)NC(C)(C)C)s1. The van der Waals surface area contributed by atoms with Gasteiger partial charge in [0, 0.05) is 5.54 Å². The normalized spacial score (nSPS) is 13.6. The lowest BCUT2D eigenvalue weighted by Gasteiger charge is -2.22. The van der Waals surface area contributed by atoms with Crippen molar-refractivity contribution < 1.29 is 4.79 Å². The van der Waals surface area contributed by atoms with Gasteiger partial charge in [-0.15, -0.1) is 10.2 Å². The van der Waals surface area contributed by atoms with Crippen molar-refractivity contribution in [2.75, 3.05) is 0 Å². The molecule has 0 saturated carbocycles. The third-order valence-electron chi connectivity index (χ3n) is 1.65. The van der Waals surface area contributed by atoms with Crippen LogP contribution in [0.15, 0.2) is 4.34 Å². The topological polar surface area (TPSA) is 54.9 Å². The lowest BCUT2D eigenvalue weighted by molar-refractivity contribution is -0.121. The molecule has 1 aromatic heterocycles. The molecule has 1 N–H and O–H groups in total. The molecular weight excluding hydrogens is 242 g/mol. The molecule has 0 aliphatic carbocycles. The van der Waals surface area contributed by atoms with Crippen molar-refractivity contribution in [3.63, 3.8) is 0 Å². The summed E-state index contributed by atoms with van der Waals surface area (Å²) in [6.45, 7) is 9.69. The van der Waals surface area contributed by atoms with Crippen molar-refractivity contribution in [1.29, 1.82) is 0 Å². The summed E-state index contributed by atoms with van der Waals surface area (Å²) in [5.74, 6) is 0.0327. The molecule has 0 unspecified atom stereocenters. The molecule has 1 aromatic rings. The minimum atomic E-state index is -0.192. The first-order valence-corrected chi connectivity index (χ1v) is 6.76. The van der Waals surface area contributed by atoms with Gasteiger partial charge in [-0.3, -0.25) is 4.79 Å². The van der Waals surface area contributed by atoms with E-state index in [9.17, 15) is 4.79 Å². The summed E-state index contributed by atoms with van der Waals surface area (Å²) < 4.78 is 0.842. The van der Waals surface area contributed by atoms with E-state index in [1.807, 2.05) is 34.6 Å². The molecule has 0 bridgehead atoms. The number of aromatic nitrogens is 2. The van der Waals surface area contributed by atoms with Gasteiger partial charge in [0.05, 0.1) is 5.25 Å². The second-order valence-electron chi connectivity index (χ2n) is 4.59. The van der Waals surface area contributed by atoms with Crippen LogP contribution in [0.3, 0.4) is 0 Å². The van der Waals surface area contributed by atoms with Gasteiger partial charge in [-0.25, -0.2) is 0 Å². The average molecular weight is 259 g/mol. The average Bonchev–Trinajstić information content (AvgIpc) is 2.48. The van der Waals surface area contributed by atoms with Gasteiger partial charge in [0.25, 0.3) is 0 Å². The molecule has 0 radical (unpaired) electrons. The summed E-state index contributed by atoms with van der Waals surface area (Å²) in [5.41, 5.74) is -0.192. The largest absolute Gasteiger partial charge is 0.351 e. The Balaban J connectivity index is 2.52. The van der Waals surface area contributed by atoms with Crippen LogP contribution in [0.5, 0.6) is 0 Å². The van der Waals surface area contributed by atoms with Crippen molar-refractivity contribution in [3.8, 4) is 0 Å². The second kappa shape index (κ2) is 5.14. The Morgan fingerprint density at radius 3 is 2.50 bits per heavy atom. The third kappa shape index (κ3) is 4.49. The van der Waals surface area contributed by atoms with Crippen LogP contribution in [0.2, 0.25) is 0 Å². The second-order valence-corrected chi connectivity index (χ2v) is 7.36. The molecule has 16 heavy (non-hydrogen) atoms. The van der Waals surface area contributed by atoms with Crippen molar-refractivity contribution in [1.82, 2.24) is 15.5 Å². The predicted octanol–water partition coefficient (Wildman–Crippen LogP) is 2.24. The zero-order valence-corrected chi connectivity index (χ0v) is 11.8. The summed E-state index contributed by atoms with van der Waals surface area (Å²) in [7, 11) is 0. The minimum Gasteiger partial charge on any atom is -0.351 e. The first-order valence-electron chi connectivity index (χ1n) is 5.07. The Kier molecular flexibility index (Phi) is 4.32. The maximum absolute atomic E-state index is 11.8. The van der Waals surface area contributed by atoms with Crippen molar-refractivity contribution in [3.05, 3.63) is 5.01 Å². The molecule has 0 saturated heterocycles. The number of carbonyl (C=O) groups excluding carboxylic acids is 1. The number of nitrogens with one attached hydrogen (secondary N) is 1. The van der Waals surface area contributed by atoms with Gasteiger partial charge in [0.2, 0.25) is 5.91 Å². The van der Waals surface area contributed by atoms with Gasteiger partial charge in [-0.1, -0.05) is 23.1 Å². The number of nitrogens with zero attached hydrogens (tertiary/aromatic N) is 2. The quantitative estimate of drug-likeness (QED) is 0.846. The predicted molar refractivity (Wildman–Crippen MR) is 67.9 cm³/mol. The van der Waals surface area contributed by atoms with E-state index in [0.29, 0.717) is 0 Å². The van der Waals surface area contributed by atoms with Crippen molar-refractivity contribution >= 4 is 29.0 Å². The van der Waals surface area contributed by atoms with Crippen LogP contribution in [-0.4, -0.2) is 26.9 Å². The highest BCUT2D eigenvalue weighted by Crippen LogP contribution is 2.26. The van der Waals surface area contributed by atoms with Gasteiger partial charge >= 0.3 is 0 Å². The first-order chi connectivity index (χ1) is 7.28. The fraction of sp³-hybridized carbons (Fsp3) is 0.700. The molecule has 6 heteroatoms. The molecule has 1 heterocycles. The number of rotatable bonds is 3. The van der Waals surface area contributed by atoms with E-state index < -0.39 is 0 Å². The molecule has 1 atom stereocenters. The van der Waals surface area contributed by atoms with Crippen LogP contribution in [0.1, 0.15) is 32.7 Å². The number of carbonyl (C=O) groups is 1. The summed E-state index contributed by atoms with van der Waals surface area (Å²) in [6.07, 6.45) is 0. The standard InChI is InChI=1S/C10H17N3OS2/c1-6(8(14)11-10(3,4)5)15-9-13-12-7(2)16-9/h6H,1-5H3,(H,11,14)/t6-/m0/s1. The van der Waals surface area contributed by atoms with Crippen LogP contribution < -0.4 is 5.32 Å². The van der Waals surface area contributed by atoms with E-state index in [-0.39, 0.29) is 16.7 Å². The maximum atomic E-state index is 11.8. The Morgan fingerprint density at radius 1 is 1.44 bits per heavy atom. The minimum absolute atomic E-state index is 0.0327. The van der Waals surface area contributed by atoms with Crippen LogP contribution in [0.4, 0.5) is 0 Å². The zero-order valence-electron chi connectivity index (χ0n) is 10.2. The molecule has 0 fully saturated rings. The smallest absolute Gasteiger partial charge is 0.233 e. The highest BCUT2D eigenvalue weighted by Gasteiger charge is 2.21. The number of hydrogen-bond donors (Lipinski definition) is 1. The van der Waals surface area contributed by atoms with Gasteiger partial charge in [-0.2, -0.15) is 0 Å². The fourth-order valence-corrected chi connectivity index (χ4v) is 2.96. The van der Waals surface area contributed by atoms with Gasteiger partial charge in [0.15, 0.2) is 4.34 Å². The number of aryl methyl sites for hydroxylation is 1. The Labute approximate surface area is 104 Å². The molecule has 0 spiro atoms. The lowest BCUT2D eigenvalue weighted by Crippen LogP contribution is -2.44. The van der Waals surface area contributed by atoms with E-state index in [2.05, 4.69) is 15.5 Å². The summed E-state index contributed by atoms with van der Waals surface area (Å²) in [4.78, 5) is 11.8. The Morgan fingerprint density at radius 2 is 2.06 bits per heavy atom. The van der Waals surface area contributed by atoms with Crippen LogP contribution in [0.25, 0.3) is 0 Å². The van der Waals surface area contributed by atoms with Crippen LogP contribution in [0, 0.1) is 6.92 Å². The molecule has 1 amide bonds. The van der Waals surface area contributed by atoms with Gasteiger partial charge in [-0.05, 0) is 34.6 Å². The van der Waals surface area contributed by atoms with Crippen molar-refractivity contribution in [2.45, 2.75) is 49.7 Å². The van der Waals surface area contributed by atoms with E-state index in [0.717, 1.165) is 9.35 Å². The monoisotopic (exact) mass is 259 g/mol. The Bertz CT molecular complexity index is 370. The van der Waals surface area contributed by atoms with E-state index >= 15 is 0 Å². The summed E-state index contributed by atoms with van der Waals surface area (Å²) in [6, 6.07) is 0. The molecule has 1 rings (SSSR count). The molecule has 0 aromatic carbocycles. The lowest BCUT2D eigenvalue weighted by atomic mass is 10.1. The van der Waals surface area contributed by atoms with Crippen LogP contribution in [-0.2, 0) is 4.79 Å². The zero-order chi connectivity index (χ0) is 12.3. The molecular formula is C10H17N3OS2. The molecule has 90 valence electrons. The number of amides is 1. The van der Waals surface area contributed by atoms with Gasteiger partial charge < -0.3 is 5.32 Å². The Hall–Kier alpha value is -0.620. The number of thioether (sulfide) groups is 1. The van der Waals surface area contributed by atoms with E-state index in [1.54, 1.807) is 0 Å². The van der Waals surface area contributed by atoms with E-state index in [1.165, 1.54) is 23.1 Å². The fourth-order valence-electron chi connectivity index (χ4n) is 1.00. The maximum Gasteiger partial charge on any atom is 0.233 e. The van der Waals surface area contributed by atoms with Crippen molar-refractivity contribution in [2.24, 2.45) is 0 Å². The third-order valence-corrected chi connectivity index (χ3v) is 3.68. The number of hydrogen-bond acceptors (Lipinski definition) is 5. The van der Waals surface area contributed by atoms with Crippen LogP contribution >= 0.6 is 23.1 Å².